The molecule has 2 aromatic carbocycles. The fourth-order valence-electron chi connectivity index (χ4n) is 2.26. The maximum Gasteiger partial charge on any atom is 0.224 e. The number of ether oxygens (including phenoxy) is 2. The number of rotatable bonds is 7. The smallest absolute Gasteiger partial charge is 0.224 e. The first-order valence-electron chi connectivity index (χ1n) is 7.35. The Bertz CT molecular complexity index is 673. The lowest BCUT2D eigenvalue weighted by molar-refractivity contribution is -0.120. The molecule has 0 aliphatic carbocycles. The molecule has 0 heterocycles. The summed E-state index contributed by atoms with van der Waals surface area (Å²) in [6.07, 6.45) is 1.11. The fourth-order valence-corrected chi connectivity index (χ4v) is 2.68. The van der Waals surface area contributed by atoms with Crippen LogP contribution < -0.4 is 14.8 Å². The van der Waals surface area contributed by atoms with Crippen molar-refractivity contribution in [3.8, 4) is 11.5 Å². The van der Waals surface area contributed by atoms with Crippen LogP contribution in [0.2, 0.25) is 0 Å². The highest BCUT2D eigenvalue weighted by Gasteiger charge is 2.07. The Hall–Kier alpha value is -2.01. The Morgan fingerprint density at radius 3 is 2.52 bits per heavy atom. The van der Waals surface area contributed by atoms with Gasteiger partial charge in [0.05, 0.1) is 20.6 Å². The molecule has 5 heteroatoms. The normalized spacial score (nSPS) is 10.2. The number of amides is 1. The molecule has 0 saturated heterocycles. The van der Waals surface area contributed by atoms with Crippen LogP contribution >= 0.6 is 15.9 Å². The summed E-state index contributed by atoms with van der Waals surface area (Å²) in [5.74, 6) is 1.41. The lowest BCUT2D eigenvalue weighted by atomic mass is 10.1. The zero-order chi connectivity index (χ0) is 16.7. The molecule has 0 fully saturated rings. The van der Waals surface area contributed by atoms with E-state index in [-0.39, 0.29) is 5.91 Å². The van der Waals surface area contributed by atoms with E-state index in [0.29, 0.717) is 24.5 Å². The molecule has 0 unspecified atom stereocenters. The van der Waals surface area contributed by atoms with Crippen LogP contribution in [0.1, 0.15) is 11.1 Å². The van der Waals surface area contributed by atoms with Crippen molar-refractivity contribution in [3.63, 3.8) is 0 Å². The Kier molecular flexibility index (Phi) is 6.47. The van der Waals surface area contributed by atoms with E-state index in [1.807, 2.05) is 42.5 Å². The Morgan fingerprint density at radius 2 is 1.83 bits per heavy atom. The molecule has 122 valence electrons. The fraction of sp³-hybridized carbons (Fsp3) is 0.278. The molecule has 0 saturated carbocycles. The van der Waals surface area contributed by atoms with Crippen LogP contribution in [0.25, 0.3) is 0 Å². The van der Waals surface area contributed by atoms with E-state index in [0.717, 1.165) is 22.0 Å². The average molecular weight is 378 g/mol. The largest absolute Gasteiger partial charge is 0.493 e. The number of carbonyl (C=O) groups excluding carboxylic acids is 1. The monoisotopic (exact) mass is 377 g/mol. The summed E-state index contributed by atoms with van der Waals surface area (Å²) in [5, 5.41) is 2.94. The summed E-state index contributed by atoms with van der Waals surface area (Å²) >= 11 is 3.45. The minimum atomic E-state index is 0.0115. The van der Waals surface area contributed by atoms with E-state index in [1.165, 1.54) is 0 Å². The minimum absolute atomic E-state index is 0.0115. The Morgan fingerprint density at radius 1 is 1.09 bits per heavy atom. The third-order valence-electron chi connectivity index (χ3n) is 3.49. The second-order valence-electron chi connectivity index (χ2n) is 5.06. The van der Waals surface area contributed by atoms with Crippen LogP contribution in [-0.4, -0.2) is 26.7 Å². The van der Waals surface area contributed by atoms with Gasteiger partial charge in [0.15, 0.2) is 11.5 Å². The van der Waals surface area contributed by atoms with Crippen LogP contribution in [0.15, 0.2) is 46.9 Å². The average Bonchev–Trinajstić information content (AvgIpc) is 2.56. The summed E-state index contributed by atoms with van der Waals surface area (Å²) in [7, 11) is 3.22. The van der Waals surface area contributed by atoms with Gasteiger partial charge < -0.3 is 14.8 Å². The van der Waals surface area contributed by atoms with Gasteiger partial charge in [-0.05, 0) is 35.7 Å². The van der Waals surface area contributed by atoms with Crippen molar-refractivity contribution in [3.05, 3.63) is 58.1 Å². The van der Waals surface area contributed by atoms with Gasteiger partial charge in [-0.2, -0.15) is 0 Å². The first-order valence-corrected chi connectivity index (χ1v) is 8.14. The number of halogens is 1. The molecular weight excluding hydrogens is 358 g/mol. The SMILES string of the molecule is COc1ccc(CCNC(=O)Cc2ccccc2Br)cc1OC. The van der Waals surface area contributed by atoms with Crippen molar-refractivity contribution in [1.29, 1.82) is 0 Å². The third-order valence-corrected chi connectivity index (χ3v) is 4.27. The molecule has 2 aromatic rings. The van der Waals surface area contributed by atoms with Gasteiger partial charge in [-0.1, -0.05) is 40.2 Å². The predicted octanol–water partition coefficient (Wildman–Crippen LogP) is 3.37. The van der Waals surface area contributed by atoms with Crippen molar-refractivity contribution in [2.75, 3.05) is 20.8 Å². The van der Waals surface area contributed by atoms with Crippen molar-refractivity contribution >= 4 is 21.8 Å². The summed E-state index contributed by atoms with van der Waals surface area (Å²) in [5.41, 5.74) is 2.07. The number of nitrogens with one attached hydrogen (secondary N) is 1. The third kappa shape index (κ3) is 4.99. The van der Waals surface area contributed by atoms with Gasteiger partial charge in [-0.3, -0.25) is 4.79 Å². The molecule has 0 spiro atoms. The molecule has 0 bridgehead atoms. The summed E-state index contributed by atoms with van der Waals surface area (Å²) in [6.45, 7) is 0.582. The van der Waals surface area contributed by atoms with Crippen LogP contribution in [0, 0.1) is 0 Å². The van der Waals surface area contributed by atoms with E-state index in [9.17, 15) is 4.79 Å². The van der Waals surface area contributed by atoms with Crippen molar-refractivity contribution in [2.45, 2.75) is 12.8 Å². The highest BCUT2D eigenvalue weighted by Crippen LogP contribution is 2.27. The Balaban J connectivity index is 1.85. The highest BCUT2D eigenvalue weighted by molar-refractivity contribution is 9.10. The van der Waals surface area contributed by atoms with Crippen LogP contribution in [0.5, 0.6) is 11.5 Å². The molecule has 2 rings (SSSR count). The maximum absolute atomic E-state index is 12.0. The number of benzene rings is 2. The van der Waals surface area contributed by atoms with Gasteiger partial charge in [-0.25, -0.2) is 0 Å². The molecule has 0 aliphatic rings. The molecule has 0 aliphatic heterocycles. The Labute approximate surface area is 144 Å². The van der Waals surface area contributed by atoms with Crippen molar-refractivity contribution in [1.82, 2.24) is 5.32 Å². The second kappa shape index (κ2) is 8.58. The van der Waals surface area contributed by atoms with Gasteiger partial charge in [0.1, 0.15) is 0 Å². The van der Waals surface area contributed by atoms with Crippen LogP contribution in [0.4, 0.5) is 0 Å². The zero-order valence-electron chi connectivity index (χ0n) is 13.3. The predicted molar refractivity (Wildman–Crippen MR) is 94.1 cm³/mol. The molecule has 0 radical (unpaired) electrons. The number of methoxy groups -OCH3 is 2. The number of carbonyl (C=O) groups is 1. The lowest BCUT2D eigenvalue weighted by Gasteiger charge is -2.10. The van der Waals surface area contributed by atoms with E-state index >= 15 is 0 Å². The first-order chi connectivity index (χ1) is 11.1. The topological polar surface area (TPSA) is 47.6 Å². The maximum atomic E-state index is 12.0. The van der Waals surface area contributed by atoms with Gasteiger partial charge in [0.25, 0.3) is 0 Å². The number of hydrogen-bond acceptors (Lipinski definition) is 3. The molecule has 1 N–H and O–H groups in total. The minimum Gasteiger partial charge on any atom is -0.493 e. The lowest BCUT2D eigenvalue weighted by Crippen LogP contribution is -2.27. The molecular formula is C18H20BrNO3. The van der Waals surface area contributed by atoms with Gasteiger partial charge in [0, 0.05) is 11.0 Å². The van der Waals surface area contributed by atoms with Gasteiger partial charge in [0.2, 0.25) is 5.91 Å². The summed E-state index contributed by atoms with van der Waals surface area (Å²) in [4.78, 5) is 12.0. The van der Waals surface area contributed by atoms with Crippen LogP contribution in [0.3, 0.4) is 0 Å². The molecule has 4 nitrogen and oxygen atoms in total. The van der Waals surface area contributed by atoms with E-state index in [4.69, 9.17) is 9.47 Å². The summed E-state index contributed by atoms with van der Waals surface area (Å²) in [6, 6.07) is 13.5. The molecule has 1 amide bonds. The van der Waals surface area contributed by atoms with Crippen LogP contribution in [-0.2, 0) is 17.6 Å². The first kappa shape index (κ1) is 17.3. The molecule has 23 heavy (non-hydrogen) atoms. The zero-order valence-corrected chi connectivity index (χ0v) is 14.9. The standard InChI is InChI=1S/C18H20BrNO3/c1-22-16-8-7-13(11-17(16)23-2)9-10-20-18(21)12-14-5-3-4-6-15(14)19/h3-8,11H,9-10,12H2,1-2H3,(H,20,21). The summed E-state index contributed by atoms with van der Waals surface area (Å²) < 4.78 is 11.4. The van der Waals surface area contributed by atoms with E-state index < -0.39 is 0 Å². The highest BCUT2D eigenvalue weighted by atomic mass is 79.9. The molecule has 0 aromatic heterocycles. The quantitative estimate of drug-likeness (QED) is 0.804. The van der Waals surface area contributed by atoms with Crippen molar-refractivity contribution < 1.29 is 14.3 Å². The second-order valence-corrected chi connectivity index (χ2v) is 5.91. The molecule has 0 atom stereocenters. The van der Waals surface area contributed by atoms with E-state index in [1.54, 1.807) is 14.2 Å². The van der Waals surface area contributed by atoms with Crippen molar-refractivity contribution in [2.24, 2.45) is 0 Å². The van der Waals surface area contributed by atoms with Gasteiger partial charge >= 0.3 is 0 Å². The number of hydrogen-bond donors (Lipinski definition) is 1. The van der Waals surface area contributed by atoms with E-state index in [2.05, 4.69) is 21.2 Å². The van der Waals surface area contributed by atoms with Gasteiger partial charge in [-0.15, -0.1) is 0 Å².